The van der Waals surface area contributed by atoms with Crippen molar-refractivity contribution < 1.29 is 4.79 Å². The third kappa shape index (κ3) is 4.22. The molecule has 19 heavy (non-hydrogen) atoms. The van der Waals surface area contributed by atoms with Crippen LogP contribution in [0.2, 0.25) is 0 Å². The van der Waals surface area contributed by atoms with Gasteiger partial charge in [-0.3, -0.25) is 4.79 Å². The van der Waals surface area contributed by atoms with Crippen LogP contribution in [0.4, 0.5) is 0 Å². The third-order valence-electron chi connectivity index (χ3n) is 2.90. The van der Waals surface area contributed by atoms with Crippen LogP contribution >= 0.6 is 27.7 Å². The van der Waals surface area contributed by atoms with Gasteiger partial charge in [0.15, 0.2) is 5.78 Å². The summed E-state index contributed by atoms with van der Waals surface area (Å²) in [6.07, 6.45) is 0. The normalized spacial score (nSPS) is 10.4. The summed E-state index contributed by atoms with van der Waals surface area (Å²) in [6.45, 7) is 2.10. The Morgan fingerprint density at radius 2 is 1.95 bits per heavy atom. The summed E-state index contributed by atoms with van der Waals surface area (Å²) in [5, 5.41) is 0. The number of thioether (sulfide) groups is 1. The molecule has 0 saturated heterocycles. The average Bonchev–Trinajstić information content (AvgIpc) is 2.41. The molecule has 1 nitrogen and oxygen atoms in total. The van der Waals surface area contributed by atoms with Crippen LogP contribution in [-0.2, 0) is 5.75 Å². The van der Waals surface area contributed by atoms with E-state index in [0.29, 0.717) is 5.75 Å². The molecule has 0 unspecified atom stereocenters. The first kappa shape index (κ1) is 14.4. The molecule has 0 bridgehead atoms. The lowest BCUT2D eigenvalue weighted by molar-refractivity contribution is 0.102. The van der Waals surface area contributed by atoms with Gasteiger partial charge >= 0.3 is 0 Å². The monoisotopic (exact) mass is 334 g/mol. The maximum Gasteiger partial charge on any atom is 0.172 e. The highest BCUT2D eigenvalue weighted by atomic mass is 79.9. The van der Waals surface area contributed by atoms with Crippen LogP contribution in [0.15, 0.2) is 53.0 Å². The number of carbonyl (C=O) groups is 1. The molecule has 0 saturated carbocycles. The molecule has 0 amide bonds. The summed E-state index contributed by atoms with van der Waals surface area (Å²) >= 11 is 5.05. The van der Waals surface area contributed by atoms with Gasteiger partial charge in [0.25, 0.3) is 0 Å². The predicted molar refractivity (Wildman–Crippen MR) is 85.8 cm³/mol. The van der Waals surface area contributed by atoms with E-state index in [1.807, 2.05) is 36.4 Å². The zero-order chi connectivity index (χ0) is 13.7. The molecule has 3 heteroatoms. The van der Waals surface area contributed by atoms with Gasteiger partial charge in [0, 0.05) is 15.8 Å². The minimum absolute atomic E-state index is 0.180. The highest BCUT2D eigenvalue weighted by Gasteiger charge is 2.06. The molecule has 0 fully saturated rings. The van der Waals surface area contributed by atoms with Crippen LogP contribution in [0, 0.1) is 6.92 Å². The van der Waals surface area contributed by atoms with Crippen molar-refractivity contribution in [1.29, 1.82) is 0 Å². The van der Waals surface area contributed by atoms with E-state index in [1.54, 1.807) is 11.8 Å². The minimum Gasteiger partial charge on any atom is -0.293 e. The molecule has 2 aromatic carbocycles. The number of aryl methyl sites for hydroxylation is 1. The van der Waals surface area contributed by atoms with Crippen molar-refractivity contribution >= 4 is 33.5 Å². The molecule has 0 aliphatic heterocycles. The lowest BCUT2D eigenvalue weighted by Crippen LogP contribution is -2.02. The minimum atomic E-state index is 0.180. The van der Waals surface area contributed by atoms with E-state index in [-0.39, 0.29) is 5.78 Å². The Hall–Kier alpha value is -1.06. The molecule has 98 valence electrons. The van der Waals surface area contributed by atoms with Gasteiger partial charge in [-0.15, -0.1) is 11.8 Å². The van der Waals surface area contributed by atoms with Gasteiger partial charge in [-0.05, 0) is 30.2 Å². The van der Waals surface area contributed by atoms with Gasteiger partial charge in [0.1, 0.15) is 0 Å². The lowest BCUT2D eigenvalue weighted by atomic mass is 10.1. The zero-order valence-electron chi connectivity index (χ0n) is 10.7. The molecule has 0 heterocycles. The second kappa shape index (κ2) is 6.92. The zero-order valence-corrected chi connectivity index (χ0v) is 13.1. The highest BCUT2D eigenvalue weighted by molar-refractivity contribution is 9.10. The Labute approximate surface area is 126 Å². The van der Waals surface area contributed by atoms with Crippen molar-refractivity contribution in [2.45, 2.75) is 12.7 Å². The molecular weight excluding hydrogens is 320 g/mol. The Balaban J connectivity index is 1.90. The van der Waals surface area contributed by atoms with Crippen molar-refractivity contribution in [3.63, 3.8) is 0 Å². The smallest absolute Gasteiger partial charge is 0.172 e. The van der Waals surface area contributed by atoms with Gasteiger partial charge in [0.05, 0.1) is 5.75 Å². The second-order valence-electron chi connectivity index (χ2n) is 4.35. The second-order valence-corrected chi connectivity index (χ2v) is 6.25. The van der Waals surface area contributed by atoms with Crippen LogP contribution < -0.4 is 0 Å². The van der Waals surface area contributed by atoms with Crippen molar-refractivity contribution in [3.05, 3.63) is 69.7 Å². The van der Waals surface area contributed by atoms with Gasteiger partial charge in [-0.1, -0.05) is 52.3 Å². The molecule has 2 aromatic rings. The Morgan fingerprint density at radius 1 is 1.16 bits per heavy atom. The van der Waals surface area contributed by atoms with Crippen molar-refractivity contribution in [3.8, 4) is 0 Å². The van der Waals surface area contributed by atoms with Crippen molar-refractivity contribution in [1.82, 2.24) is 0 Å². The molecule has 0 aliphatic rings. The number of ketones is 1. The van der Waals surface area contributed by atoms with Crippen molar-refractivity contribution in [2.75, 3.05) is 5.75 Å². The summed E-state index contributed by atoms with van der Waals surface area (Å²) in [4.78, 5) is 12.0. The summed E-state index contributed by atoms with van der Waals surface area (Å²) in [6, 6.07) is 15.9. The number of rotatable bonds is 5. The van der Waals surface area contributed by atoms with E-state index in [2.05, 4.69) is 35.0 Å². The van der Waals surface area contributed by atoms with Gasteiger partial charge < -0.3 is 0 Å². The van der Waals surface area contributed by atoms with Gasteiger partial charge in [-0.2, -0.15) is 0 Å². The quantitative estimate of drug-likeness (QED) is 0.725. The number of Topliss-reactive ketones (excluding diaryl/α,β-unsaturated/α-hetero) is 1. The fraction of sp³-hybridized carbons (Fsp3) is 0.188. The van der Waals surface area contributed by atoms with Crippen LogP contribution in [0.1, 0.15) is 21.5 Å². The predicted octanol–water partition coefficient (Wildman–Crippen LogP) is 4.87. The van der Waals surface area contributed by atoms with Gasteiger partial charge in [0.2, 0.25) is 0 Å². The molecule has 0 spiro atoms. The number of halogens is 1. The first-order chi connectivity index (χ1) is 9.16. The largest absolute Gasteiger partial charge is 0.293 e. The molecule has 0 aromatic heterocycles. The highest BCUT2D eigenvalue weighted by Crippen LogP contribution is 2.18. The van der Waals surface area contributed by atoms with Crippen LogP contribution in [0.25, 0.3) is 0 Å². The molecule has 2 rings (SSSR count). The third-order valence-corrected chi connectivity index (χ3v) is 4.37. The summed E-state index contributed by atoms with van der Waals surface area (Å²) in [5.41, 5.74) is 3.35. The van der Waals surface area contributed by atoms with Crippen LogP contribution in [-0.4, -0.2) is 11.5 Å². The topological polar surface area (TPSA) is 17.1 Å². The van der Waals surface area contributed by atoms with E-state index < -0.39 is 0 Å². The molecule has 0 aliphatic carbocycles. The lowest BCUT2D eigenvalue weighted by Gasteiger charge is -2.05. The Bertz CT molecular complexity index is 580. The fourth-order valence-electron chi connectivity index (χ4n) is 1.77. The first-order valence-corrected chi connectivity index (χ1v) is 8.02. The SMILES string of the molecule is Cc1ccccc1CSCC(=O)c1cccc(Br)c1. The van der Waals surface area contributed by atoms with E-state index >= 15 is 0 Å². The number of benzene rings is 2. The van der Waals surface area contributed by atoms with Crippen molar-refractivity contribution in [2.24, 2.45) is 0 Å². The number of hydrogen-bond acceptors (Lipinski definition) is 2. The standard InChI is InChI=1S/C16H15BrOS/c1-12-5-2-3-6-14(12)10-19-11-16(18)13-7-4-8-15(17)9-13/h2-9H,10-11H2,1H3. The molecule has 0 N–H and O–H groups in total. The molecule has 0 atom stereocenters. The van der Waals surface area contributed by atoms with Crippen LogP contribution in [0.3, 0.4) is 0 Å². The van der Waals surface area contributed by atoms with Gasteiger partial charge in [-0.25, -0.2) is 0 Å². The summed E-state index contributed by atoms with van der Waals surface area (Å²) in [7, 11) is 0. The maximum absolute atomic E-state index is 12.0. The summed E-state index contributed by atoms with van der Waals surface area (Å²) < 4.78 is 0.947. The van der Waals surface area contributed by atoms with E-state index in [9.17, 15) is 4.79 Å². The van der Waals surface area contributed by atoms with E-state index in [1.165, 1.54) is 11.1 Å². The van der Waals surface area contributed by atoms with E-state index in [4.69, 9.17) is 0 Å². The molecule has 0 radical (unpaired) electrons. The maximum atomic E-state index is 12.0. The molecular formula is C16H15BrOS. The Morgan fingerprint density at radius 3 is 2.68 bits per heavy atom. The first-order valence-electron chi connectivity index (χ1n) is 6.08. The fourth-order valence-corrected chi connectivity index (χ4v) is 3.17. The summed E-state index contributed by atoms with van der Waals surface area (Å²) in [5.74, 6) is 1.58. The number of carbonyl (C=O) groups excluding carboxylic acids is 1. The Kier molecular flexibility index (Phi) is 5.23. The average molecular weight is 335 g/mol. The van der Waals surface area contributed by atoms with Crippen LogP contribution in [0.5, 0.6) is 0 Å². The van der Waals surface area contributed by atoms with E-state index in [0.717, 1.165) is 15.8 Å². The number of hydrogen-bond donors (Lipinski definition) is 0.